The Kier molecular flexibility index (Phi) is 5.67. The van der Waals surface area contributed by atoms with E-state index in [1.807, 2.05) is 0 Å². The quantitative estimate of drug-likeness (QED) is 0.794. The van der Waals surface area contributed by atoms with Gasteiger partial charge in [0.1, 0.15) is 0 Å². The molecule has 0 spiro atoms. The Labute approximate surface area is 119 Å². The van der Waals surface area contributed by atoms with Crippen molar-refractivity contribution in [2.24, 2.45) is 11.8 Å². The summed E-state index contributed by atoms with van der Waals surface area (Å²) < 4.78 is 0. The van der Waals surface area contributed by atoms with Gasteiger partial charge in [0.15, 0.2) is 0 Å². The summed E-state index contributed by atoms with van der Waals surface area (Å²) in [5, 5.41) is 3.61. The van der Waals surface area contributed by atoms with Gasteiger partial charge in [-0.3, -0.25) is 4.90 Å². The number of nitrogens with zero attached hydrogens (tertiary/aromatic N) is 2. The van der Waals surface area contributed by atoms with E-state index < -0.39 is 0 Å². The lowest BCUT2D eigenvalue weighted by Gasteiger charge is -2.48. The Bertz CT molecular complexity index is 257. The molecule has 2 unspecified atom stereocenters. The van der Waals surface area contributed by atoms with Gasteiger partial charge < -0.3 is 10.2 Å². The topological polar surface area (TPSA) is 18.5 Å². The van der Waals surface area contributed by atoms with Gasteiger partial charge in [-0.05, 0) is 31.2 Å². The van der Waals surface area contributed by atoms with E-state index in [1.54, 1.807) is 0 Å². The molecule has 3 nitrogen and oxygen atoms in total. The highest BCUT2D eigenvalue weighted by Crippen LogP contribution is 2.32. The minimum atomic E-state index is 0.629. The largest absolute Gasteiger partial charge is 0.314 e. The van der Waals surface area contributed by atoms with Crippen molar-refractivity contribution in [3.05, 3.63) is 0 Å². The summed E-state index contributed by atoms with van der Waals surface area (Å²) in [5.74, 6) is 1.71. The van der Waals surface area contributed by atoms with Crippen molar-refractivity contribution in [2.75, 3.05) is 39.3 Å². The van der Waals surface area contributed by atoms with Gasteiger partial charge in [0.05, 0.1) is 0 Å². The van der Waals surface area contributed by atoms with Crippen LogP contribution >= 0.6 is 0 Å². The highest BCUT2D eigenvalue weighted by Gasteiger charge is 2.36. The maximum Gasteiger partial charge on any atom is 0.0137 e. The summed E-state index contributed by atoms with van der Waals surface area (Å²) in [6.07, 6.45) is 2.85. The fraction of sp³-hybridized carbons (Fsp3) is 1.00. The third-order valence-corrected chi connectivity index (χ3v) is 4.66. The summed E-state index contributed by atoms with van der Waals surface area (Å²) in [4.78, 5) is 5.40. The number of nitrogens with one attached hydrogen (secondary N) is 1. The van der Waals surface area contributed by atoms with Crippen molar-refractivity contribution in [1.29, 1.82) is 0 Å². The molecule has 19 heavy (non-hydrogen) atoms. The van der Waals surface area contributed by atoms with Crippen LogP contribution in [0.25, 0.3) is 0 Å². The number of hydrogen-bond acceptors (Lipinski definition) is 3. The summed E-state index contributed by atoms with van der Waals surface area (Å²) in [7, 11) is 0. The monoisotopic (exact) mass is 267 g/mol. The van der Waals surface area contributed by atoms with Crippen molar-refractivity contribution in [2.45, 2.75) is 52.6 Å². The normalized spacial score (nSPS) is 30.0. The first-order valence-corrected chi connectivity index (χ1v) is 8.26. The maximum atomic E-state index is 3.61. The lowest BCUT2D eigenvalue weighted by Crippen LogP contribution is -2.57. The van der Waals surface area contributed by atoms with Gasteiger partial charge in [-0.2, -0.15) is 0 Å². The van der Waals surface area contributed by atoms with Gasteiger partial charge in [-0.1, -0.05) is 27.7 Å². The predicted molar refractivity (Wildman–Crippen MR) is 82.5 cm³/mol. The van der Waals surface area contributed by atoms with E-state index in [4.69, 9.17) is 0 Å². The van der Waals surface area contributed by atoms with Crippen LogP contribution in [-0.2, 0) is 0 Å². The summed E-state index contributed by atoms with van der Waals surface area (Å²) in [6, 6.07) is 1.50. The van der Waals surface area contributed by atoms with Crippen molar-refractivity contribution < 1.29 is 0 Å². The zero-order valence-corrected chi connectivity index (χ0v) is 13.4. The van der Waals surface area contributed by atoms with Crippen LogP contribution < -0.4 is 5.32 Å². The Morgan fingerprint density at radius 3 is 2.16 bits per heavy atom. The van der Waals surface area contributed by atoms with Crippen LogP contribution in [0.4, 0.5) is 0 Å². The van der Waals surface area contributed by atoms with Crippen LogP contribution in [0.1, 0.15) is 40.5 Å². The number of rotatable bonds is 6. The molecule has 1 saturated heterocycles. The molecule has 2 aliphatic rings. The van der Waals surface area contributed by atoms with Gasteiger partial charge in [0.2, 0.25) is 0 Å². The molecule has 2 fully saturated rings. The zero-order chi connectivity index (χ0) is 13.8. The van der Waals surface area contributed by atoms with Crippen LogP contribution in [0.3, 0.4) is 0 Å². The average Bonchev–Trinajstić information content (AvgIpc) is 2.29. The number of hydrogen-bond donors (Lipinski definition) is 1. The van der Waals surface area contributed by atoms with E-state index in [2.05, 4.69) is 42.8 Å². The third-order valence-electron chi connectivity index (χ3n) is 4.66. The van der Waals surface area contributed by atoms with Gasteiger partial charge in [0.25, 0.3) is 0 Å². The maximum absolute atomic E-state index is 3.61. The summed E-state index contributed by atoms with van der Waals surface area (Å²) in [6.45, 7) is 16.8. The molecule has 2 atom stereocenters. The summed E-state index contributed by atoms with van der Waals surface area (Å²) >= 11 is 0. The molecule has 0 amide bonds. The smallest absolute Gasteiger partial charge is 0.0137 e. The molecule has 1 aliphatic carbocycles. The number of piperazine rings is 1. The Morgan fingerprint density at radius 2 is 1.68 bits per heavy atom. The van der Waals surface area contributed by atoms with E-state index in [-0.39, 0.29) is 0 Å². The molecule has 0 bridgehead atoms. The van der Waals surface area contributed by atoms with Gasteiger partial charge in [-0.15, -0.1) is 0 Å². The standard InChI is InChI=1S/C16H33N3/c1-13(2)12-18-7-9-19(10-8-18)16-6-5-15(16)11-17-14(3)4/h13-17H,5-12H2,1-4H3. The fourth-order valence-corrected chi connectivity index (χ4v) is 3.45. The van der Waals surface area contributed by atoms with E-state index >= 15 is 0 Å². The molecule has 112 valence electrons. The van der Waals surface area contributed by atoms with Crippen molar-refractivity contribution >= 4 is 0 Å². The highest BCUT2D eigenvalue weighted by molar-refractivity contribution is 4.92. The molecule has 1 aliphatic heterocycles. The third kappa shape index (κ3) is 4.44. The van der Waals surface area contributed by atoms with Crippen molar-refractivity contribution in [3.63, 3.8) is 0 Å². The first-order chi connectivity index (χ1) is 9.06. The van der Waals surface area contributed by atoms with E-state index in [0.717, 1.165) is 17.9 Å². The van der Waals surface area contributed by atoms with Crippen LogP contribution in [0, 0.1) is 11.8 Å². The second-order valence-corrected chi connectivity index (χ2v) is 7.20. The lowest BCUT2D eigenvalue weighted by molar-refractivity contribution is 0.0179. The molecule has 0 aromatic heterocycles. The minimum absolute atomic E-state index is 0.629. The van der Waals surface area contributed by atoms with E-state index in [9.17, 15) is 0 Å². The molecule has 0 aromatic rings. The van der Waals surface area contributed by atoms with Crippen LogP contribution in [0.15, 0.2) is 0 Å². The van der Waals surface area contributed by atoms with Crippen LogP contribution in [-0.4, -0.2) is 61.2 Å². The molecule has 0 aromatic carbocycles. The zero-order valence-electron chi connectivity index (χ0n) is 13.4. The highest BCUT2D eigenvalue weighted by atomic mass is 15.3. The molecule has 0 radical (unpaired) electrons. The van der Waals surface area contributed by atoms with Crippen LogP contribution in [0.2, 0.25) is 0 Å². The minimum Gasteiger partial charge on any atom is -0.314 e. The second kappa shape index (κ2) is 7.05. The molecule has 1 saturated carbocycles. The molecule has 2 rings (SSSR count). The molecular weight excluding hydrogens is 234 g/mol. The summed E-state index contributed by atoms with van der Waals surface area (Å²) in [5.41, 5.74) is 0. The fourth-order valence-electron chi connectivity index (χ4n) is 3.45. The Balaban J connectivity index is 1.69. The van der Waals surface area contributed by atoms with Gasteiger partial charge in [-0.25, -0.2) is 0 Å². The lowest BCUT2D eigenvalue weighted by atomic mass is 9.78. The first-order valence-electron chi connectivity index (χ1n) is 8.26. The predicted octanol–water partition coefficient (Wildman–Crippen LogP) is 2.04. The average molecular weight is 267 g/mol. The Hall–Kier alpha value is -0.120. The van der Waals surface area contributed by atoms with Crippen LogP contribution in [0.5, 0.6) is 0 Å². The first kappa shape index (κ1) is 15.3. The Morgan fingerprint density at radius 1 is 1.00 bits per heavy atom. The molecule has 3 heteroatoms. The molecule has 1 N–H and O–H groups in total. The second-order valence-electron chi connectivity index (χ2n) is 7.20. The SMILES string of the molecule is CC(C)CN1CCN(C2CCC2CNC(C)C)CC1. The molecule has 1 heterocycles. The van der Waals surface area contributed by atoms with Gasteiger partial charge in [0, 0.05) is 44.8 Å². The van der Waals surface area contributed by atoms with E-state index in [0.29, 0.717) is 6.04 Å². The van der Waals surface area contributed by atoms with Gasteiger partial charge >= 0.3 is 0 Å². The molecular formula is C16H33N3. The van der Waals surface area contributed by atoms with E-state index in [1.165, 1.54) is 52.1 Å². The van der Waals surface area contributed by atoms with Crippen molar-refractivity contribution in [1.82, 2.24) is 15.1 Å². The van der Waals surface area contributed by atoms with Crippen molar-refractivity contribution in [3.8, 4) is 0 Å².